The van der Waals surface area contributed by atoms with Gasteiger partial charge in [-0.15, -0.1) is 0 Å². The summed E-state index contributed by atoms with van der Waals surface area (Å²) in [5.74, 6) is 0.861. The molecule has 1 aliphatic rings. The first-order chi connectivity index (χ1) is 6.66. The number of benzene rings is 1. The van der Waals surface area contributed by atoms with E-state index in [1.54, 1.807) is 0 Å². The zero-order chi connectivity index (χ0) is 10.1. The molecule has 1 nitrogen and oxygen atoms in total. The molecule has 1 atom stereocenters. The summed E-state index contributed by atoms with van der Waals surface area (Å²) < 4.78 is 1.22. The lowest BCUT2D eigenvalue weighted by molar-refractivity contribution is 0.595. The number of nitrogens with two attached hydrogens (primary N) is 1. The highest BCUT2D eigenvalue weighted by Gasteiger charge is 2.25. The summed E-state index contributed by atoms with van der Waals surface area (Å²) >= 11 is 8.27. The fourth-order valence-electron chi connectivity index (χ4n) is 1.64. The second-order valence-electron chi connectivity index (χ2n) is 3.95. The molecule has 0 saturated heterocycles. The van der Waals surface area contributed by atoms with Gasteiger partial charge in [0.25, 0.3) is 0 Å². The van der Waals surface area contributed by atoms with E-state index in [0.29, 0.717) is 0 Å². The maximum absolute atomic E-state index is 6.14. The van der Waals surface area contributed by atoms with Gasteiger partial charge in [-0.1, -0.05) is 24.4 Å². The van der Waals surface area contributed by atoms with Gasteiger partial charge < -0.3 is 5.73 Å². The fourth-order valence-corrected chi connectivity index (χ4v) is 2.55. The Hall–Kier alpha value is 0.200. The zero-order valence-corrected chi connectivity index (χ0v) is 10.8. The largest absolute Gasteiger partial charge is 0.324 e. The van der Waals surface area contributed by atoms with E-state index < -0.39 is 0 Å². The van der Waals surface area contributed by atoms with Crippen molar-refractivity contribution in [2.75, 3.05) is 0 Å². The summed E-state index contributed by atoms with van der Waals surface area (Å²) in [5.41, 5.74) is 7.34. The molecule has 1 aliphatic carbocycles. The monoisotopic (exact) mass is 321 g/mol. The molecule has 0 heterocycles. The first kappa shape index (κ1) is 10.7. The van der Waals surface area contributed by atoms with E-state index in [1.807, 2.05) is 18.2 Å². The van der Waals surface area contributed by atoms with Gasteiger partial charge in [0, 0.05) is 14.6 Å². The lowest BCUT2D eigenvalue weighted by atomic mass is 10.0. The third-order valence-electron chi connectivity index (χ3n) is 2.64. The van der Waals surface area contributed by atoms with Crippen molar-refractivity contribution in [3.05, 3.63) is 32.4 Å². The molecular formula is C11H13ClIN. The molecule has 2 rings (SSSR count). The van der Waals surface area contributed by atoms with E-state index in [0.717, 1.165) is 17.4 Å². The van der Waals surface area contributed by atoms with Crippen molar-refractivity contribution in [3.8, 4) is 0 Å². The van der Waals surface area contributed by atoms with Crippen LogP contribution in [0.1, 0.15) is 30.9 Å². The fraction of sp³-hybridized carbons (Fsp3) is 0.455. The zero-order valence-electron chi connectivity index (χ0n) is 7.84. The van der Waals surface area contributed by atoms with Crippen LogP contribution in [0.3, 0.4) is 0 Å². The van der Waals surface area contributed by atoms with Crippen LogP contribution in [0.4, 0.5) is 0 Å². The first-order valence-electron chi connectivity index (χ1n) is 4.87. The Morgan fingerprint density at radius 3 is 2.86 bits per heavy atom. The first-order valence-corrected chi connectivity index (χ1v) is 6.33. The summed E-state index contributed by atoms with van der Waals surface area (Å²) in [6.45, 7) is 0. The van der Waals surface area contributed by atoms with Gasteiger partial charge in [0.05, 0.1) is 0 Å². The molecule has 0 radical (unpaired) electrons. The number of rotatable bonds is 3. The average Bonchev–Trinajstić information content (AvgIpc) is 2.93. The smallest absolute Gasteiger partial charge is 0.0410 e. The molecule has 2 N–H and O–H groups in total. The highest BCUT2D eigenvalue weighted by Crippen LogP contribution is 2.37. The molecule has 14 heavy (non-hydrogen) atoms. The predicted octanol–water partition coefficient (Wildman–Crippen LogP) is 3.74. The van der Waals surface area contributed by atoms with Crippen molar-refractivity contribution in [2.45, 2.75) is 25.3 Å². The number of hydrogen-bond acceptors (Lipinski definition) is 1. The lowest BCUT2D eigenvalue weighted by Gasteiger charge is -2.13. The minimum atomic E-state index is 0.160. The molecule has 1 aromatic carbocycles. The summed E-state index contributed by atoms with van der Waals surface area (Å²) in [6, 6.07) is 6.10. The minimum Gasteiger partial charge on any atom is -0.324 e. The van der Waals surface area contributed by atoms with Crippen LogP contribution in [-0.4, -0.2) is 0 Å². The van der Waals surface area contributed by atoms with Gasteiger partial charge in [0.1, 0.15) is 0 Å². The second-order valence-corrected chi connectivity index (χ2v) is 5.55. The standard InChI is InChI=1S/C11H13ClIN/c12-8-3-4-10(13)9(6-8)11(14)5-7-1-2-7/h3-4,6-7,11H,1-2,5,14H2. The molecule has 0 bridgehead atoms. The van der Waals surface area contributed by atoms with Crippen molar-refractivity contribution >= 4 is 34.2 Å². The topological polar surface area (TPSA) is 26.0 Å². The number of halogens is 2. The van der Waals surface area contributed by atoms with Crippen molar-refractivity contribution in [3.63, 3.8) is 0 Å². The van der Waals surface area contributed by atoms with E-state index in [9.17, 15) is 0 Å². The van der Waals surface area contributed by atoms with Crippen molar-refractivity contribution in [1.29, 1.82) is 0 Å². The van der Waals surface area contributed by atoms with Gasteiger partial charge in [0.2, 0.25) is 0 Å². The van der Waals surface area contributed by atoms with Crippen LogP contribution in [0.15, 0.2) is 18.2 Å². The van der Waals surface area contributed by atoms with Crippen LogP contribution >= 0.6 is 34.2 Å². The third-order valence-corrected chi connectivity index (χ3v) is 3.86. The van der Waals surface area contributed by atoms with Gasteiger partial charge in [0.15, 0.2) is 0 Å². The molecule has 0 amide bonds. The molecule has 3 heteroatoms. The average molecular weight is 322 g/mol. The van der Waals surface area contributed by atoms with Gasteiger partial charge in [-0.25, -0.2) is 0 Å². The van der Waals surface area contributed by atoms with Gasteiger partial charge in [-0.3, -0.25) is 0 Å². The lowest BCUT2D eigenvalue weighted by Crippen LogP contribution is -2.12. The third kappa shape index (κ3) is 2.61. The molecule has 0 aliphatic heterocycles. The van der Waals surface area contributed by atoms with Crippen LogP contribution < -0.4 is 5.73 Å². The van der Waals surface area contributed by atoms with Crippen molar-refractivity contribution in [1.82, 2.24) is 0 Å². The van der Waals surface area contributed by atoms with Crippen LogP contribution in [-0.2, 0) is 0 Å². The van der Waals surface area contributed by atoms with Crippen LogP contribution in [0, 0.1) is 9.49 Å². The summed E-state index contributed by atoms with van der Waals surface area (Å²) in [7, 11) is 0. The molecule has 1 saturated carbocycles. The molecule has 76 valence electrons. The van der Waals surface area contributed by atoms with Crippen molar-refractivity contribution in [2.24, 2.45) is 11.7 Å². The van der Waals surface area contributed by atoms with Crippen LogP contribution in [0.5, 0.6) is 0 Å². The Labute approximate surface area is 103 Å². The van der Waals surface area contributed by atoms with E-state index in [2.05, 4.69) is 22.6 Å². The van der Waals surface area contributed by atoms with Crippen molar-refractivity contribution < 1.29 is 0 Å². The summed E-state index contributed by atoms with van der Waals surface area (Å²) in [6.07, 6.45) is 3.81. The van der Waals surface area contributed by atoms with E-state index in [1.165, 1.54) is 22.0 Å². The Morgan fingerprint density at radius 1 is 1.50 bits per heavy atom. The number of hydrogen-bond donors (Lipinski definition) is 1. The Morgan fingerprint density at radius 2 is 2.21 bits per heavy atom. The molecule has 1 aromatic rings. The second kappa shape index (κ2) is 4.37. The summed E-state index contributed by atoms with van der Waals surface area (Å²) in [4.78, 5) is 0. The Balaban J connectivity index is 2.15. The quantitative estimate of drug-likeness (QED) is 0.843. The minimum absolute atomic E-state index is 0.160. The molecular weight excluding hydrogens is 308 g/mol. The normalized spacial score (nSPS) is 18.2. The van der Waals surface area contributed by atoms with E-state index in [4.69, 9.17) is 17.3 Å². The predicted molar refractivity (Wildman–Crippen MR) is 68.4 cm³/mol. The van der Waals surface area contributed by atoms with Crippen LogP contribution in [0.25, 0.3) is 0 Å². The van der Waals surface area contributed by atoms with Gasteiger partial charge in [-0.05, 0) is 58.7 Å². The maximum atomic E-state index is 6.14. The maximum Gasteiger partial charge on any atom is 0.0410 e. The Kier molecular flexibility index (Phi) is 3.34. The highest BCUT2D eigenvalue weighted by molar-refractivity contribution is 14.1. The van der Waals surface area contributed by atoms with Gasteiger partial charge >= 0.3 is 0 Å². The van der Waals surface area contributed by atoms with Crippen LogP contribution in [0.2, 0.25) is 5.02 Å². The Bertz CT molecular complexity index is 336. The van der Waals surface area contributed by atoms with E-state index in [-0.39, 0.29) is 6.04 Å². The van der Waals surface area contributed by atoms with E-state index >= 15 is 0 Å². The molecule has 0 aromatic heterocycles. The highest BCUT2D eigenvalue weighted by atomic mass is 127. The summed E-state index contributed by atoms with van der Waals surface area (Å²) in [5, 5.41) is 0.784. The molecule has 1 fully saturated rings. The molecule has 1 unspecified atom stereocenters. The molecule has 0 spiro atoms. The van der Waals surface area contributed by atoms with Gasteiger partial charge in [-0.2, -0.15) is 0 Å². The SMILES string of the molecule is NC(CC1CC1)c1cc(Cl)ccc1I.